The molecule has 4 aliphatic heterocycles. The van der Waals surface area contributed by atoms with E-state index in [4.69, 9.17) is 23.7 Å². The summed E-state index contributed by atoms with van der Waals surface area (Å²) in [5.41, 5.74) is -7.03. The van der Waals surface area contributed by atoms with Gasteiger partial charge in [0.15, 0.2) is 28.6 Å². The fourth-order valence-corrected chi connectivity index (χ4v) is 9.29. The molecule has 4 heterocycles. The topological polar surface area (TPSA) is 259 Å². The van der Waals surface area contributed by atoms with Crippen molar-refractivity contribution in [1.82, 2.24) is 0 Å². The van der Waals surface area contributed by atoms with Crippen LogP contribution in [0.4, 0.5) is 0 Å². The molecule has 0 unspecified atom stereocenters. The summed E-state index contributed by atoms with van der Waals surface area (Å²) in [4.78, 5) is 43.6. The number of phenols is 2. The van der Waals surface area contributed by atoms with Crippen molar-refractivity contribution in [2.75, 3.05) is 6.61 Å². The van der Waals surface area contributed by atoms with Gasteiger partial charge in [-0.2, -0.15) is 0 Å². The number of ether oxygens (including phenoxy) is 5. The SMILES string of the molecule is C[C@@H]1CC2=C(C(=O)c3c(O)cc4c(c3C2=O)[C@@]2(O)c3cc(O)cc(O[C@@H]5O[C@H](CO)[C@@H](O)[C@H](O)[C@H]5O)c3C(=O)[C@H]3[C@@H](C)O[C@H](C)[C@@H](O)[C@@]32O4)[C@@H](C)O1. The number of aliphatic hydroxyl groups excluding tert-OH is 5. The summed E-state index contributed by atoms with van der Waals surface area (Å²) in [5, 5.41) is 89.2. The van der Waals surface area contributed by atoms with Crippen LogP contribution in [-0.4, -0.2) is 132 Å². The van der Waals surface area contributed by atoms with Crippen molar-refractivity contribution in [3.63, 3.8) is 0 Å². The lowest BCUT2D eigenvalue weighted by molar-refractivity contribution is -0.278. The maximum atomic E-state index is 14.8. The molecule has 0 bridgehead atoms. The molecule has 2 saturated heterocycles. The fraction of sp³-hybridized carbons (Fsp3) is 0.528. The maximum absolute atomic E-state index is 14.8. The van der Waals surface area contributed by atoms with Crippen molar-refractivity contribution in [2.24, 2.45) is 5.92 Å². The summed E-state index contributed by atoms with van der Waals surface area (Å²) in [6, 6.07) is 3.01. The van der Waals surface area contributed by atoms with Gasteiger partial charge in [0, 0.05) is 46.4 Å². The maximum Gasteiger partial charge on any atom is 0.229 e. The number of benzene rings is 2. The zero-order valence-corrected chi connectivity index (χ0v) is 28.3. The number of fused-ring (bicyclic) bond motifs is 6. The summed E-state index contributed by atoms with van der Waals surface area (Å²) < 4.78 is 29.6. The number of carbonyl (C=O) groups excluding carboxylic acids is 3. The van der Waals surface area contributed by atoms with E-state index in [1.165, 1.54) is 13.8 Å². The molecule has 6 aliphatic rings. The Hall–Kier alpha value is -3.97. The van der Waals surface area contributed by atoms with Gasteiger partial charge in [0.2, 0.25) is 6.29 Å². The van der Waals surface area contributed by atoms with Gasteiger partial charge >= 0.3 is 0 Å². The Morgan fingerprint density at radius 3 is 2.25 bits per heavy atom. The Labute approximate surface area is 295 Å². The van der Waals surface area contributed by atoms with Gasteiger partial charge in [0.05, 0.1) is 48.1 Å². The highest BCUT2D eigenvalue weighted by molar-refractivity contribution is 6.29. The molecule has 2 aromatic carbocycles. The number of phenolic OH excluding ortho intramolecular Hbond substituents is 2. The molecule has 8 rings (SSSR count). The Kier molecular flexibility index (Phi) is 7.77. The monoisotopic (exact) mass is 726 g/mol. The Morgan fingerprint density at radius 1 is 0.846 bits per heavy atom. The van der Waals surface area contributed by atoms with Crippen molar-refractivity contribution in [3.8, 4) is 23.0 Å². The molecular weight excluding hydrogens is 688 g/mol. The van der Waals surface area contributed by atoms with Crippen molar-refractivity contribution >= 4 is 17.3 Å². The first-order chi connectivity index (χ1) is 24.5. The Morgan fingerprint density at radius 2 is 1.56 bits per heavy atom. The molecule has 8 N–H and O–H groups in total. The molecule has 1 spiro atoms. The first kappa shape index (κ1) is 35.1. The number of carbonyl (C=O) groups is 3. The summed E-state index contributed by atoms with van der Waals surface area (Å²) in [7, 11) is 0. The summed E-state index contributed by atoms with van der Waals surface area (Å²) in [6.45, 7) is 5.52. The Bertz CT molecular complexity index is 1970. The normalized spacial score (nSPS) is 40.6. The summed E-state index contributed by atoms with van der Waals surface area (Å²) in [6.07, 6.45) is -14.0. The molecule has 0 aromatic heterocycles. The number of hydrogen-bond acceptors (Lipinski definition) is 16. The van der Waals surface area contributed by atoms with E-state index in [-0.39, 0.29) is 28.9 Å². The van der Waals surface area contributed by atoms with Crippen LogP contribution >= 0.6 is 0 Å². The summed E-state index contributed by atoms with van der Waals surface area (Å²) in [5.74, 6) is -5.93. The molecule has 278 valence electrons. The van der Waals surface area contributed by atoms with E-state index in [9.17, 15) is 55.2 Å². The first-order valence-corrected chi connectivity index (χ1v) is 17.0. The van der Waals surface area contributed by atoms with Crippen LogP contribution in [0, 0.1) is 5.92 Å². The molecule has 0 saturated carbocycles. The number of Topliss-reactive ketones (excluding diaryl/α,β-unsaturated/α-hetero) is 3. The quantitative estimate of drug-likeness (QED) is 0.198. The van der Waals surface area contributed by atoms with E-state index < -0.39 is 142 Å². The lowest BCUT2D eigenvalue weighted by atomic mass is 9.55. The van der Waals surface area contributed by atoms with Gasteiger partial charge in [-0.1, -0.05) is 0 Å². The van der Waals surface area contributed by atoms with Gasteiger partial charge in [0.1, 0.15) is 53.5 Å². The van der Waals surface area contributed by atoms with Crippen LogP contribution < -0.4 is 9.47 Å². The van der Waals surface area contributed by atoms with Crippen LogP contribution in [0.15, 0.2) is 29.3 Å². The summed E-state index contributed by atoms with van der Waals surface area (Å²) >= 11 is 0. The van der Waals surface area contributed by atoms with Crippen molar-refractivity contribution in [3.05, 3.63) is 57.2 Å². The van der Waals surface area contributed by atoms with E-state index in [2.05, 4.69) is 0 Å². The van der Waals surface area contributed by atoms with Crippen LogP contribution in [0.2, 0.25) is 0 Å². The van der Waals surface area contributed by atoms with Crippen LogP contribution in [0.5, 0.6) is 23.0 Å². The lowest BCUT2D eigenvalue weighted by Crippen LogP contribution is -2.75. The van der Waals surface area contributed by atoms with Gasteiger partial charge in [-0.15, -0.1) is 0 Å². The van der Waals surface area contributed by atoms with Gasteiger partial charge < -0.3 is 64.5 Å². The van der Waals surface area contributed by atoms with Gasteiger partial charge in [-0.3, -0.25) is 14.4 Å². The zero-order valence-electron chi connectivity index (χ0n) is 28.3. The minimum absolute atomic E-state index is 0.0264. The molecule has 2 fully saturated rings. The molecular formula is C36H38O16. The highest BCUT2D eigenvalue weighted by Crippen LogP contribution is 2.66. The van der Waals surface area contributed by atoms with Crippen molar-refractivity contribution < 1.29 is 78.9 Å². The van der Waals surface area contributed by atoms with Gasteiger partial charge in [0.25, 0.3) is 0 Å². The number of aromatic hydroxyl groups is 2. The zero-order chi connectivity index (χ0) is 37.5. The molecule has 0 amide bonds. The highest BCUT2D eigenvalue weighted by atomic mass is 16.7. The standard InChI is InChI=1S/C36H38O16/c1-10-5-15-21(11(2)48-10)29(42)23-17(39)8-19-26(24(23)27(15)40)35(47)16-6-14(38)7-18(50-34-32(45)31(44)28(41)20(9-37)51-34)22(16)30(43)25-12(3)49-13(4)33(46)36(25,35)52-19/h6-8,10-13,20,25,28,31-34,37-39,41,44-47H,5,9H2,1-4H3/t10-,11-,12-,13-,20-,25-,28-,31+,32-,33-,34-,35+,36+/m1/s1. The van der Waals surface area contributed by atoms with Crippen LogP contribution in [-0.2, 0) is 19.8 Å². The van der Waals surface area contributed by atoms with Crippen molar-refractivity contribution in [1.29, 1.82) is 0 Å². The third-order valence-corrected chi connectivity index (χ3v) is 11.5. The second-order valence-electron chi connectivity index (χ2n) is 14.5. The average Bonchev–Trinajstić information content (AvgIpc) is 3.34. The first-order valence-electron chi connectivity index (χ1n) is 17.0. The molecule has 2 aliphatic carbocycles. The molecule has 13 atom stereocenters. The van der Waals surface area contributed by atoms with E-state index >= 15 is 0 Å². The number of hydrogen-bond donors (Lipinski definition) is 8. The van der Waals surface area contributed by atoms with E-state index in [1.807, 2.05) is 0 Å². The molecule has 52 heavy (non-hydrogen) atoms. The predicted molar refractivity (Wildman–Crippen MR) is 171 cm³/mol. The predicted octanol–water partition coefficient (Wildman–Crippen LogP) is -0.503. The van der Waals surface area contributed by atoms with Crippen LogP contribution in [0.25, 0.3) is 0 Å². The molecule has 16 heteroatoms. The largest absolute Gasteiger partial charge is 0.508 e. The number of rotatable bonds is 3. The second kappa shape index (κ2) is 11.5. The highest BCUT2D eigenvalue weighted by Gasteiger charge is 2.77. The van der Waals surface area contributed by atoms with Gasteiger partial charge in [-0.05, 0) is 33.8 Å². The third-order valence-electron chi connectivity index (χ3n) is 11.5. The van der Waals surface area contributed by atoms with E-state index in [0.29, 0.717) is 0 Å². The molecule has 2 aromatic rings. The minimum Gasteiger partial charge on any atom is -0.508 e. The molecule has 16 nitrogen and oxygen atoms in total. The number of aliphatic hydroxyl groups is 6. The lowest BCUT2D eigenvalue weighted by Gasteiger charge is -2.57. The van der Waals surface area contributed by atoms with Crippen LogP contribution in [0.3, 0.4) is 0 Å². The van der Waals surface area contributed by atoms with Crippen molar-refractivity contribution in [2.45, 2.75) is 107 Å². The van der Waals surface area contributed by atoms with E-state index in [1.54, 1.807) is 13.8 Å². The molecule has 0 radical (unpaired) electrons. The average molecular weight is 727 g/mol. The van der Waals surface area contributed by atoms with E-state index in [0.717, 1.165) is 18.2 Å². The number of ketones is 3. The fourth-order valence-electron chi connectivity index (χ4n) is 9.29. The smallest absolute Gasteiger partial charge is 0.229 e. The minimum atomic E-state index is -2.75. The third kappa shape index (κ3) is 4.26. The van der Waals surface area contributed by atoms with Gasteiger partial charge in [-0.25, -0.2) is 0 Å². The van der Waals surface area contributed by atoms with Crippen LogP contribution in [0.1, 0.15) is 76.3 Å². The Balaban J connectivity index is 1.41. The second-order valence-corrected chi connectivity index (χ2v) is 14.5.